The van der Waals surface area contributed by atoms with Crippen LogP contribution in [0.25, 0.3) is 0 Å². The molecule has 1 aromatic carbocycles. The summed E-state index contributed by atoms with van der Waals surface area (Å²) in [5.41, 5.74) is -0.0566. The Hall–Kier alpha value is -1.38. The number of carbonyl (C=O) groups is 1. The minimum Gasteiger partial charge on any atom is -0.406 e. The molecular weight excluding hydrogens is 377 g/mol. The van der Waals surface area contributed by atoms with E-state index in [4.69, 9.17) is 0 Å². The fraction of sp³-hybridized carbons (Fsp3) is 0.462. The number of ether oxygens (including phenoxy) is 1. The van der Waals surface area contributed by atoms with E-state index in [9.17, 15) is 26.7 Å². The molecule has 0 radical (unpaired) electrons. The maximum absolute atomic E-state index is 13.1. The molecular formula is C13H11BrF5NO2. The van der Waals surface area contributed by atoms with E-state index in [-0.39, 0.29) is 23.1 Å². The van der Waals surface area contributed by atoms with Gasteiger partial charge in [-0.05, 0) is 18.2 Å². The molecule has 1 aliphatic rings. The van der Waals surface area contributed by atoms with E-state index < -0.39 is 36.8 Å². The Bertz CT molecular complexity index is 566. The van der Waals surface area contributed by atoms with Crippen molar-refractivity contribution in [2.24, 2.45) is 0 Å². The van der Waals surface area contributed by atoms with Crippen LogP contribution < -0.4 is 4.74 Å². The summed E-state index contributed by atoms with van der Waals surface area (Å²) in [5, 5.41) is 0. The number of carbonyl (C=O) groups excluding carboxylic acids is 1. The van der Waals surface area contributed by atoms with Gasteiger partial charge in [0.15, 0.2) is 0 Å². The number of nitrogens with zero attached hydrogens (tertiary/aromatic N) is 1. The largest absolute Gasteiger partial charge is 0.573 e. The Labute approximate surface area is 131 Å². The summed E-state index contributed by atoms with van der Waals surface area (Å²) < 4.78 is 66.8. The van der Waals surface area contributed by atoms with Gasteiger partial charge in [-0.1, -0.05) is 15.9 Å². The maximum Gasteiger partial charge on any atom is 0.573 e. The van der Waals surface area contributed by atoms with Crippen LogP contribution in [0.4, 0.5) is 22.0 Å². The van der Waals surface area contributed by atoms with Gasteiger partial charge in [0, 0.05) is 36.0 Å². The van der Waals surface area contributed by atoms with E-state index in [1.165, 1.54) is 11.0 Å². The van der Waals surface area contributed by atoms with E-state index >= 15 is 0 Å². The van der Waals surface area contributed by atoms with Crippen LogP contribution in [-0.4, -0.2) is 36.2 Å². The summed E-state index contributed by atoms with van der Waals surface area (Å²) in [7, 11) is 0. The zero-order valence-electron chi connectivity index (χ0n) is 11.1. The van der Waals surface area contributed by atoms with Gasteiger partial charge in [0.2, 0.25) is 0 Å². The highest BCUT2D eigenvalue weighted by atomic mass is 79.9. The molecule has 122 valence electrons. The summed E-state index contributed by atoms with van der Waals surface area (Å²) in [6.45, 7) is -0.290. The Balaban J connectivity index is 2.16. The Morgan fingerprint density at radius 2 is 1.77 bits per heavy atom. The van der Waals surface area contributed by atoms with Gasteiger partial charge in [-0.3, -0.25) is 4.79 Å². The van der Waals surface area contributed by atoms with Gasteiger partial charge in [-0.15, -0.1) is 13.2 Å². The lowest BCUT2D eigenvalue weighted by molar-refractivity contribution is -0.274. The highest BCUT2D eigenvalue weighted by Crippen LogP contribution is 2.30. The molecule has 2 rings (SSSR count). The molecule has 0 spiro atoms. The zero-order valence-corrected chi connectivity index (χ0v) is 12.7. The number of piperidine rings is 1. The molecule has 22 heavy (non-hydrogen) atoms. The van der Waals surface area contributed by atoms with Crippen molar-refractivity contribution in [1.82, 2.24) is 4.90 Å². The highest BCUT2D eigenvalue weighted by Gasteiger charge is 2.36. The first kappa shape index (κ1) is 17.0. The standard InChI is InChI=1S/C13H11BrF5NO2/c14-9-5-8(6-10(7-9)22-13(17,18)19)11(21)20-3-1-12(15,16)2-4-20/h5-7H,1-4H2. The van der Waals surface area contributed by atoms with Gasteiger partial charge in [0.1, 0.15) is 5.75 Å². The van der Waals surface area contributed by atoms with Crippen molar-refractivity contribution in [2.45, 2.75) is 25.1 Å². The van der Waals surface area contributed by atoms with Gasteiger partial charge in [0.05, 0.1) is 0 Å². The van der Waals surface area contributed by atoms with Crippen LogP contribution in [0.1, 0.15) is 23.2 Å². The minimum atomic E-state index is -4.88. The monoisotopic (exact) mass is 387 g/mol. The van der Waals surface area contributed by atoms with Crippen molar-refractivity contribution in [1.29, 1.82) is 0 Å². The van der Waals surface area contributed by atoms with E-state index in [1.807, 2.05) is 0 Å². The van der Waals surface area contributed by atoms with E-state index in [0.29, 0.717) is 0 Å². The zero-order chi connectivity index (χ0) is 16.5. The lowest BCUT2D eigenvalue weighted by Gasteiger charge is -2.31. The summed E-state index contributed by atoms with van der Waals surface area (Å²) in [6, 6.07) is 3.32. The van der Waals surface area contributed by atoms with Crippen LogP contribution in [0.2, 0.25) is 0 Å². The van der Waals surface area contributed by atoms with Gasteiger partial charge < -0.3 is 9.64 Å². The number of likely N-dealkylation sites (tertiary alicyclic amines) is 1. The second-order valence-corrected chi connectivity index (χ2v) is 5.79. The quantitative estimate of drug-likeness (QED) is 0.711. The first-order chi connectivity index (χ1) is 10.1. The number of benzene rings is 1. The summed E-state index contributed by atoms with van der Waals surface area (Å²) in [4.78, 5) is 13.4. The van der Waals surface area contributed by atoms with Gasteiger partial charge in [-0.25, -0.2) is 8.78 Å². The van der Waals surface area contributed by atoms with Crippen LogP contribution >= 0.6 is 15.9 Å². The van der Waals surface area contributed by atoms with Crippen LogP contribution in [0.15, 0.2) is 22.7 Å². The molecule has 3 nitrogen and oxygen atoms in total. The summed E-state index contributed by atoms with van der Waals surface area (Å²) >= 11 is 2.99. The second-order valence-electron chi connectivity index (χ2n) is 4.87. The van der Waals surface area contributed by atoms with E-state index in [2.05, 4.69) is 20.7 Å². The highest BCUT2D eigenvalue weighted by molar-refractivity contribution is 9.10. The smallest absolute Gasteiger partial charge is 0.406 e. The predicted molar refractivity (Wildman–Crippen MR) is 70.9 cm³/mol. The molecule has 9 heteroatoms. The lowest BCUT2D eigenvalue weighted by atomic mass is 10.1. The Morgan fingerprint density at radius 1 is 1.18 bits per heavy atom. The first-order valence-electron chi connectivity index (χ1n) is 6.29. The van der Waals surface area contributed by atoms with E-state index in [0.717, 1.165) is 12.1 Å². The molecule has 1 heterocycles. The molecule has 0 bridgehead atoms. The first-order valence-corrected chi connectivity index (χ1v) is 7.08. The normalized spacial score (nSPS) is 18.2. The number of amides is 1. The molecule has 0 N–H and O–H groups in total. The molecule has 0 atom stereocenters. The van der Waals surface area contributed by atoms with Crippen LogP contribution in [0.5, 0.6) is 5.75 Å². The van der Waals surface area contributed by atoms with Crippen LogP contribution in [-0.2, 0) is 0 Å². The lowest BCUT2D eigenvalue weighted by Crippen LogP contribution is -2.42. The van der Waals surface area contributed by atoms with Crippen LogP contribution in [0, 0.1) is 0 Å². The third-order valence-electron chi connectivity index (χ3n) is 3.13. The number of halogens is 6. The fourth-order valence-corrected chi connectivity index (χ4v) is 2.57. The fourth-order valence-electron chi connectivity index (χ4n) is 2.10. The molecule has 0 unspecified atom stereocenters. The number of hydrogen-bond acceptors (Lipinski definition) is 2. The number of hydrogen-bond donors (Lipinski definition) is 0. The molecule has 0 aromatic heterocycles. The average molecular weight is 388 g/mol. The van der Waals surface area contributed by atoms with Crippen molar-refractivity contribution in [3.05, 3.63) is 28.2 Å². The average Bonchev–Trinajstić information content (AvgIpc) is 2.35. The molecule has 1 saturated heterocycles. The molecule has 1 aliphatic heterocycles. The van der Waals surface area contributed by atoms with Crippen molar-refractivity contribution in [2.75, 3.05) is 13.1 Å². The third-order valence-corrected chi connectivity index (χ3v) is 3.59. The summed E-state index contributed by atoms with van der Waals surface area (Å²) in [5.74, 6) is -3.96. The van der Waals surface area contributed by atoms with Crippen LogP contribution in [0.3, 0.4) is 0 Å². The molecule has 1 aromatic rings. The van der Waals surface area contributed by atoms with Crippen molar-refractivity contribution < 1.29 is 31.5 Å². The maximum atomic E-state index is 13.1. The van der Waals surface area contributed by atoms with Crippen molar-refractivity contribution >= 4 is 21.8 Å². The topological polar surface area (TPSA) is 29.5 Å². The minimum absolute atomic E-state index is 0.0566. The van der Waals surface area contributed by atoms with E-state index in [1.54, 1.807) is 0 Å². The second kappa shape index (κ2) is 6.02. The molecule has 0 saturated carbocycles. The van der Waals surface area contributed by atoms with Crippen molar-refractivity contribution in [3.63, 3.8) is 0 Å². The van der Waals surface area contributed by atoms with Gasteiger partial charge >= 0.3 is 6.36 Å². The summed E-state index contributed by atoms with van der Waals surface area (Å²) in [6.07, 6.45) is -5.80. The Morgan fingerprint density at radius 3 is 2.32 bits per heavy atom. The number of rotatable bonds is 2. The van der Waals surface area contributed by atoms with Crippen molar-refractivity contribution in [3.8, 4) is 5.75 Å². The molecule has 1 amide bonds. The van der Waals surface area contributed by atoms with Gasteiger partial charge in [-0.2, -0.15) is 0 Å². The Kier molecular flexibility index (Phi) is 4.65. The predicted octanol–water partition coefficient (Wildman–Crippen LogP) is 4.22. The molecule has 0 aliphatic carbocycles. The third kappa shape index (κ3) is 4.56. The van der Waals surface area contributed by atoms with Gasteiger partial charge in [0.25, 0.3) is 11.8 Å². The SMILES string of the molecule is O=C(c1cc(Br)cc(OC(F)(F)F)c1)N1CCC(F)(F)CC1. The number of alkyl halides is 5. The molecule has 1 fully saturated rings.